The number of aliphatic imine (C=N–C) groups is 1. The number of nitrogens with zero attached hydrogens (tertiary/aromatic N) is 1. The predicted molar refractivity (Wildman–Crippen MR) is 127 cm³/mol. The SMILES string of the molecule is NC(N)=NCCCC(NC(=O)C(CO)NC(=O)C(N)Cc1ccc(O)cc1)C(=O)NC(CO)C(=O)O. The van der Waals surface area contributed by atoms with Crippen LogP contribution in [0.15, 0.2) is 29.3 Å². The van der Waals surface area contributed by atoms with Crippen molar-refractivity contribution in [3.05, 3.63) is 29.8 Å². The Morgan fingerprint density at radius 1 is 0.861 bits per heavy atom. The summed E-state index contributed by atoms with van der Waals surface area (Å²) in [6, 6.07) is 0.530. The Kier molecular flexibility index (Phi) is 12.6. The van der Waals surface area contributed by atoms with Gasteiger partial charge in [0, 0.05) is 6.54 Å². The van der Waals surface area contributed by atoms with Crippen molar-refractivity contribution in [3.63, 3.8) is 0 Å². The van der Waals surface area contributed by atoms with Gasteiger partial charge in [0.25, 0.3) is 0 Å². The van der Waals surface area contributed by atoms with E-state index in [0.717, 1.165) is 0 Å². The Morgan fingerprint density at radius 2 is 1.39 bits per heavy atom. The van der Waals surface area contributed by atoms with Gasteiger partial charge in [0.1, 0.15) is 23.9 Å². The number of aliphatic hydroxyl groups is 2. The molecule has 0 aromatic heterocycles. The van der Waals surface area contributed by atoms with Crippen LogP contribution in [0.4, 0.5) is 0 Å². The number of phenols is 1. The molecule has 15 heteroatoms. The highest BCUT2D eigenvalue weighted by molar-refractivity contribution is 5.94. The molecular weight excluding hydrogens is 478 g/mol. The van der Waals surface area contributed by atoms with E-state index in [1.165, 1.54) is 12.1 Å². The molecular formula is C21H33N7O8. The molecule has 0 spiro atoms. The number of carboxylic acid groups (broad SMARTS) is 1. The molecule has 4 unspecified atom stereocenters. The Bertz CT molecular complexity index is 921. The molecule has 0 radical (unpaired) electrons. The first-order valence-corrected chi connectivity index (χ1v) is 10.9. The number of nitrogens with two attached hydrogens (primary N) is 3. The third-order valence-corrected chi connectivity index (χ3v) is 4.92. The number of aliphatic carboxylic acids is 1. The first-order valence-electron chi connectivity index (χ1n) is 10.9. The van der Waals surface area contributed by atoms with E-state index in [0.29, 0.717) is 5.56 Å². The molecule has 4 atom stereocenters. The van der Waals surface area contributed by atoms with Crippen LogP contribution >= 0.6 is 0 Å². The first-order chi connectivity index (χ1) is 17.0. The summed E-state index contributed by atoms with van der Waals surface area (Å²) in [7, 11) is 0. The molecule has 1 aromatic rings. The molecule has 0 aliphatic carbocycles. The van der Waals surface area contributed by atoms with Crippen LogP contribution in [-0.4, -0.2) is 94.0 Å². The molecule has 3 amide bonds. The zero-order chi connectivity index (χ0) is 27.3. The topological polar surface area (TPSA) is 276 Å². The lowest BCUT2D eigenvalue weighted by molar-refractivity contribution is -0.143. The number of hydrogen-bond acceptors (Lipinski definition) is 9. The average molecular weight is 512 g/mol. The summed E-state index contributed by atoms with van der Waals surface area (Å²) in [5.74, 6) is -4.23. The zero-order valence-electron chi connectivity index (χ0n) is 19.5. The van der Waals surface area contributed by atoms with E-state index < -0.39 is 61.1 Å². The molecule has 0 heterocycles. The van der Waals surface area contributed by atoms with Crippen molar-refractivity contribution < 1.29 is 39.6 Å². The summed E-state index contributed by atoms with van der Waals surface area (Å²) in [5, 5.41) is 43.9. The Balaban J connectivity index is 2.85. The number of phenolic OH excluding ortho intramolecular Hbond substituents is 1. The van der Waals surface area contributed by atoms with Crippen molar-refractivity contribution in [2.75, 3.05) is 19.8 Å². The summed E-state index contributed by atoms with van der Waals surface area (Å²) in [6.07, 6.45) is 0.263. The normalized spacial score (nSPS) is 14.0. The van der Waals surface area contributed by atoms with Gasteiger partial charge in [-0.3, -0.25) is 19.4 Å². The minimum absolute atomic E-state index is 0.0292. The molecule has 13 N–H and O–H groups in total. The van der Waals surface area contributed by atoms with Crippen molar-refractivity contribution in [2.24, 2.45) is 22.2 Å². The van der Waals surface area contributed by atoms with Gasteiger partial charge in [-0.25, -0.2) is 4.79 Å². The van der Waals surface area contributed by atoms with Crippen molar-refractivity contribution in [2.45, 2.75) is 43.4 Å². The number of nitrogens with one attached hydrogen (secondary N) is 3. The molecule has 0 fully saturated rings. The molecule has 1 aromatic carbocycles. The van der Waals surface area contributed by atoms with Crippen molar-refractivity contribution in [3.8, 4) is 5.75 Å². The fourth-order valence-electron chi connectivity index (χ4n) is 2.95. The highest BCUT2D eigenvalue weighted by atomic mass is 16.4. The van der Waals surface area contributed by atoms with Gasteiger partial charge in [0.15, 0.2) is 5.96 Å². The number of carbonyl (C=O) groups excluding carboxylic acids is 3. The van der Waals surface area contributed by atoms with Gasteiger partial charge in [-0.15, -0.1) is 0 Å². The van der Waals surface area contributed by atoms with Gasteiger partial charge in [-0.1, -0.05) is 12.1 Å². The second-order valence-corrected chi connectivity index (χ2v) is 7.81. The van der Waals surface area contributed by atoms with Crippen molar-refractivity contribution in [1.29, 1.82) is 0 Å². The molecule has 200 valence electrons. The number of hydrogen-bond donors (Lipinski definition) is 10. The van der Waals surface area contributed by atoms with Crippen LogP contribution in [0.2, 0.25) is 0 Å². The number of guanidine groups is 1. The summed E-state index contributed by atoms with van der Waals surface area (Å²) in [6.45, 7) is -1.60. The summed E-state index contributed by atoms with van der Waals surface area (Å²) in [4.78, 5) is 52.6. The molecule has 36 heavy (non-hydrogen) atoms. The standard InChI is InChI=1S/C21H33N7O8/c22-13(8-11-3-5-12(31)6-4-11)17(32)27-15(9-29)19(34)26-14(2-1-7-25-21(23)24)18(33)28-16(10-30)20(35)36/h3-6,13-16,29-31H,1-2,7-10,22H2,(H,26,34)(H,27,32)(H,28,33)(H,35,36)(H4,23,24,25). The van der Waals surface area contributed by atoms with Crippen LogP contribution in [0.25, 0.3) is 0 Å². The second kappa shape index (κ2) is 15.1. The van der Waals surface area contributed by atoms with Gasteiger partial charge in [-0.05, 0) is 37.0 Å². The average Bonchev–Trinajstić information content (AvgIpc) is 2.83. The van der Waals surface area contributed by atoms with Gasteiger partial charge < -0.3 is 53.6 Å². The number of carboxylic acids is 1. The molecule has 15 nitrogen and oxygen atoms in total. The predicted octanol–water partition coefficient (Wildman–Crippen LogP) is -4.16. The minimum atomic E-state index is -1.61. The van der Waals surface area contributed by atoms with E-state index in [1.54, 1.807) is 12.1 Å². The van der Waals surface area contributed by atoms with Crippen molar-refractivity contribution >= 4 is 29.7 Å². The van der Waals surface area contributed by atoms with Gasteiger partial charge in [0.05, 0.1) is 19.3 Å². The second-order valence-electron chi connectivity index (χ2n) is 7.81. The van der Waals surface area contributed by atoms with E-state index >= 15 is 0 Å². The Hall–Kier alpha value is -3.95. The Morgan fingerprint density at radius 3 is 1.92 bits per heavy atom. The lowest BCUT2D eigenvalue weighted by atomic mass is 10.1. The first kappa shape index (κ1) is 30.1. The van der Waals surface area contributed by atoms with Crippen molar-refractivity contribution in [1.82, 2.24) is 16.0 Å². The highest BCUT2D eigenvalue weighted by Gasteiger charge is 2.29. The van der Waals surface area contributed by atoms with E-state index in [1.807, 2.05) is 0 Å². The lowest BCUT2D eigenvalue weighted by Crippen LogP contribution is -2.58. The highest BCUT2D eigenvalue weighted by Crippen LogP contribution is 2.11. The molecule has 0 aliphatic rings. The molecule has 0 saturated carbocycles. The maximum absolute atomic E-state index is 12.7. The number of aromatic hydroxyl groups is 1. The smallest absolute Gasteiger partial charge is 0.328 e. The van der Waals surface area contributed by atoms with Crippen LogP contribution < -0.4 is 33.2 Å². The van der Waals surface area contributed by atoms with Gasteiger partial charge in [0.2, 0.25) is 17.7 Å². The van der Waals surface area contributed by atoms with Crippen LogP contribution in [0.5, 0.6) is 5.75 Å². The summed E-state index contributed by atoms with van der Waals surface area (Å²) in [5.41, 5.74) is 17.0. The third kappa shape index (κ3) is 10.5. The lowest BCUT2D eigenvalue weighted by Gasteiger charge is -2.24. The van der Waals surface area contributed by atoms with Crippen LogP contribution in [-0.2, 0) is 25.6 Å². The molecule has 0 saturated heterocycles. The number of benzene rings is 1. The Labute approximate surface area is 206 Å². The number of carbonyl (C=O) groups is 4. The summed E-state index contributed by atoms with van der Waals surface area (Å²) >= 11 is 0. The zero-order valence-corrected chi connectivity index (χ0v) is 19.5. The van der Waals surface area contributed by atoms with E-state index in [9.17, 15) is 29.4 Å². The maximum Gasteiger partial charge on any atom is 0.328 e. The summed E-state index contributed by atoms with van der Waals surface area (Å²) < 4.78 is 0. The van der Waals surface area contributed by atoms with Crippen LogP contribution in [0, 0.1) is 0 Å². The molecule has 1 rings (SSSR count). The number of rotatable bonds is 15. The van der Waals surface area contributed by atoms with Crippen LogP contribution in [0.3, 0.4) is 0 Å². The number of aliphatic hydroxyl groups excluding tert-OH is 2. The fourth-order valence-corrected chi connectivity index (χ4v) is 2.95. The van der Waals surface area contributed by atoms with Gasteiger partial charge in [-0.2, -0.15) is 0 Å². The minimum Gasteiger partial charge on any atom is -0.508 e. The third-order valence-electron chi connectivity index (χ3n) is 4.92. The molecule has 0 aliphatic heterocycles. The largest absolute Gasteiger partial charge is 0.508 e. The number of amides is 3. The van der Waals surface area contributed by atoms with Crippen LogP contribution in [0.1, 0.15) is 18.4 Å². The van der Waals surface area contributed by atoms with Gasteiger partial charge >= 0.3 is 5.97 Å². The molecule has 0 bridgehead atoms. The van der Waals surface area contributed by atoms with E-state index in [2.05, 4.69) is 20.9 Å². The van der Waals surface area contributed by atoms with E-state index in [4.69, 9.17) is 27.4 Å². The monoisotopic (exact) mass is 511 g/mol. The maximum atomic E-state index is 12.7. The van der Waals surface area contributed by atoms with E-state index in [-0.39, 0.29) is 37.5 Å². The fraction of sp³-hybridized carbons (Fsp3) is 0.476. The quantitative estimate of drug-likeness (QED) is 0.0612.